The lowest BCUT2D eigenvalue weighted by atomic mass is 9.98. The Morgan fingerprint density at radius 2 is 2.00 bits per heavy atom. The van der Waals surface area contributed by atoms with Gasteiger partial charge in [-0.3, -0.25) is 4.79 Å². The van der Waals surface area contributed by atoms with Crippen LogP contribution in [0, 0.1) is 0 Å². The normalized spacial score (nSPS) is 12.0. The van der Waals surface area contributed by atoms with E-state index >= 15 is 0 Å². The van der Waals surface area contributed by atoms with Crippen molar-refractivity contribution in [3.63, 3.8) is 0 Å². The molecule has 0 aliphatic heterocycles. The molecule has 22 heavy (non-hydrogen) atoms. The second-order valence-electron chi connectivity index (χ2n) is 4.28. The van der Waals surface area contributed by atoms with Gasteiger partial charge in [0.2, 0.25) is 0 Å². The van der Waals surface area contributed by atoms with Crippen molar-refractivity contribution in [2.75, 3.05) is 6.61 Å². The van der Waals surface area contributed by atoms with E-state index in [1.165, 1.54) is 12.1 Å². The Morgan fingerprint density at radius 1 is 1.32 bits per heavy atom. The van der Waals surface area contributed by atoms with E-state index in [0.29, 0.717) is 5.56 Å². The van der Waals surface area contributed by atoms with Crippen LogP contribution < -0.4 is 4.74 Å². The molecule has 1 atom stereocenters. The average molecular weight is 318 g/mol. The number of esters is 1. The smallest absolute Gasteiger partial charge is 0.387 e. The van der Waals surface area contributed by atoms with Crippen LogP contribution in [0.2, 0.25) is 0 Å². The number of hydrogen-bond acceptors (Lipinski definition) is 5. The summed E-state index contributed by atoms with van der Waals surface area (Å²) in [4.78, 5) is 22.2. The van der Waals surface area contributed by atoms with Gasteiger partial charge < -0.3 is 19.7 Å². The number of ether oxygens (including phenoxy) is 2. The van der Waals surface area contributed by atoms with E-state index < -0.39 is 24.7 Å². The molecule has 0 aromatic heterocycles. The maximum atomic E-state index is 12.2. The molecule has 1 aromatic carbocycles. The van der Waals surface area contributed by atoms with E-state index in [0.717, 1.165) is 6.07 Å². The van der Waals surface area contributed by atoms with Gasteiger partial charge in [-0.05, 0) is 36.6 Å². The van der Waals surface area contributed by atoms with Gasteiger partial charge in [0.25, 0.3) is 0 Å². The highest BCUT2D eigenvalue weighted by molar-refractivity contribution is 5.75. The number of aliphatic carboxylic acids is 1. The number of carboxylic acids is 1. The zero-order valence-corrected chi connectivity index (χ0v) is 11.8. The Balaban J connectivity index is 2.98. The van der Waals surface area contributed by atoms with Gasteiger partial charge in [-0.15, -0.1) is 0 Å². The number of benzene rings is 1. The fourth-order valence-corrected chi connectivity index (χ4v) is 1.83. The summed E-state index contributed by atoms with van der Waals surface area (Å²) in [7, 11) is 0. The summed E-state index contributed by atoms with van der Waals surface area (Å²) < 4.78 is 33.3. The summed E-state index contributed by atoms with van der Waals surface area (Å²) in [5.74, 6) is -2.29. The van der Waals surface area contributed by atoms with Gasteiger partial charge in [0.15, 0.2) is 6.10 Å². The number of aryl methyl sites for hydroxylation is 1. The molecule has 2 N–H and O–H groups in total. The molecule has 1 rings (SSSR count). The van der Waals surface area contributed by atoms with E-state index in [1.807, 2.05) is 0 Å². The third-order valence-electron chi connectivity index (χ3n) is 2.77. The number of alkyl halides is 2. The SMILES string of the molecule is CCOC(=O)CCc1ccc(OC(F)F)cc1C(O)C(=O)O. The van der Waals surface area contributed by atoms with Crippen molar-refractivity contribution in [1.29, 1.82) is 0 Å². The van der Waals surface area contributed by atoms with Crippen LogP contribution in [0.25, 0.3) is 0 Å². The summed E-state index contributed by atoms with van der Waals surface area (Å²) in [5.41, 5.74) is 0.236. The number of aliphatic hydroxyl groups is 1. The van der Waals surface area contributed by atoms with Gasteiger partial charge in [0, 0.05) is 6.42 Å². The minimum atomic E-state index is -3.07. The Hall–Kier alpha value is -2.22. The molecule has 0 amide bonds. The molecular weight excluding hydrogens is 302 g/mol. The number of rotatable bonds is 8. The number of carbonyl (C=O) groups excluding carboxylic acids is 1. The van der Waals surface area contributed by atoms with Gasteiger partial charge in [-0.2, -0.15) is 8.78 Å². The van der Waals surface area contributed by atoms with Crippen molar-refractivity contribution >= 4 is 11.9 Å². The first-order valence-electron chi connectivity index (χ1n) is 6.49. The lowest BCUT2D eigenvalue weighted by Crippen LogP contribution is -2.14. The Labute approximate surface area is 125 Å². The molecule has 0 aliphatic carbocycles. The molecule has 0 heterocycles. The first kappa shape index (κ1) is 17.8. The summed E-state index contributed by atoms with van der Waals surface area (Å²) in [5, 5.41) is 18.5. The van der Waals surface area contributed by atoms with Crippen LogP contribution in [0.4, 0.5) is 8.78 Å². The van der Waals surface area contributed by atoms with Crippen molar-refractivity contribution in [1.82, 2.24) is 0 Å². The highest BCUT2D eigenvalue weighted by Gasteiger charge is 2.21. The first-order valence-corrected chi connectivity index (χ1v) is 6.49. The van der Waals surface area contributed by atoms with E-state index in [4.69, 9.17) is 9.84 Å². The summed E-state index contributed by atoms with van der Waals surface area (Å²) >= 11 is 0. The second kappa shape index (κ2) is 8.28. The first-order chi connectivity index (χ1) is 10.3. The number of carbonyl (C=O) groups is 2. The predicted octanol–water partition coefficient (Wildman–Crippen LogP) is 1.90. The van der Waals surface area contributed by atoms with Crippen LogP contribution >= 0.6 is 0 Å². The summed E-state index contributed by atoms with van der Waals surface area (Å²) in [6.45, 7) is -1.21. The van der Waals surface area contributed by atoms with Crippen molar-refractivity contribution in [2.24, 2.45) is 0 Å². The Morgan fingerprint density at radius 3 is 2.55 bits per heavy atom. The largest absolute Gasteiger partial charge is 0.479 e. The van der Waals surface area contributed by atoms with Gasteiger partial charge in [0.05, 0.1) is 6.61 Å². The van der Waals surface area contributed by atoms with Crippen molar-refractivity contribution in [2.45, 2.75) is 32.5 Å². The lowest BCUT2D eigenvalue weighted by molar-refractivity contribution is -0.147. The van der Waals surface area contributed by atoms with Crippen molar-refractivity contribution in [3.8, 4) is 5.75 Å². The molecule has 8 heteroatoms. The van der Waals surface area contributed by atoms with E-state index in [2.05, 4.69) is 4.74 Å². The van der Waals surface area contributed by atoms with Crippen LogP contribution in [-0.2, 0) is 20.7 Å². The molecular formula is C14H16F2O6. The van der Waals surface area contributed by atoms with Crippen LogP contribution in [0.1, 0.15) is 30.6 Å². The van der Waals surface area contributed by atoms with E-state index in [1.54, 1.807) is 6.92 Å². The molecule has 0 spiro atoms. The van der Waals surface area contributed by atoms with Crippen molar-refractivity contribution in [3.05, 3.63) is 29.3 Å². The van der Waals surface area contributed by atoms with Gasteiger partial charge in [0.1, 0.15) is 5.75 Å². The molecule has 0 aliphatic rings. The second-order valence-corrected chi connectivity index (χ2v) is 4.28. The van der Waals surface area contributed by atoms with Gasteiger partial charge >= 0.3 is 18.6 Å². The predicted molar refractivity (Wildman–Crippen MR) is 70.6 cm³/mol. The fourth-order valence-electron chi connectivity index (χ4n) is 1.83. The van der Waals surface area contributed by atoms with Crippen LogP contribution in [-0.4, -0.2) is 35.4 Å². The monoisotopic (exact) mass is 318 g/mol. The molecule has 1 aromatic rings. The lowest BCUT2D eigenvalue weighted by Gasteiger charge is -2.14. The average Bonchev–Trinajstić information content (AvgIpc) is 2.44. The van der Waals surface area contributed by atoms with E-state index in [-0.39, 0.29) is 30.8 Å². The van der Waals surface area contributed by atoms with Crippen LogP contribution in [0.5, 0.6) is 5.75 Å². The highest BCUT2D eigenvalue weighted by atomic mass is 19.3. The molecule has 0 fully saturated rings. The molecule has 0 saturated carbocycles. The quantitative estimate of drug-likeness (QED) is 0.711. The number of carboxylic acid groups (broad SMARTS) is 1. The topological polar surface area (TPSA) is 93.1 Å². The third kappa shape index (κ3) is 5.28. The Bertz CT molecular complexity index is 532. The minimum Gasteiger partial charge on any atom is -0.479 e. The molecule has 0 radical (unpaired) electrons. The standard InChI is InChI=1S/C14H16F2O6/c1-2-21-11(17)6-4-8-3-5-9(22-14(15)16)7-10(8)12(18)13(19)20/h3,5,7,12,14,18H,2,4,6H2,1H3,(H,19,20). The number of aliphatic hydroxyl groups excluding tert-OH is 1. The van der Waals surface area contributed by atoms with Crippen LogP contribution in [0.3, 0.4) is 0 Å². The maximum Gasteiger partial charge on any atom is 0.387 e. The third-order valence-corrected chi connectivity index (χ3v) is 2.77. The molecule has 0 bridgehead atoms. The highest BCUT2D eigenvalue weighted by Crippen LogP contribution is 2.26. The maximum absolute atomic E-state index is 12.2. The Kier molecular flexibility index (Phi) is 6.71. The zero-order valence-electron chi connectivity index (χ0n) is 11.8. The molecule has 6 nitrogen and oxygen atoms in total. The van der Waals surface area contributed by atoms with Crippen LogP contribution in [0.15, 0.2) is 18.2 Å². The summed E-state index contributed by atoms with van der Waals surface area (Å²) in [6.07, 6.45) is -1.83. The van der Waals surface area contributed by atoms with Crippen molar-refractivity contribution < 1.29 is 38.1 Å². The zero-order chi connectivity index (χ0) is 16.7. The fraction of sp³-hybridized carbons (Fsp3) is 0.429. The molecule has 1 unspecified atom stereocenters. The van der Waals surface area contributed by atoms with E-state index in [9.17, 15) is 23.5 Å². The van der Waals surface area contributed by atoms with Gasteiger partial charge in [-0.1, -0.05) is 6.07 Å². The summed E-state index contributed by atoms with van der Waals surface area (Å²) in [6, 6.07) is 3.56. The minimum absolute atomic E-state index is 0.0256. The number of halogens is 2. The molecule has 122 valence electrons. The number of hydrogen-bond donors (Lipinski definition) is 2. The molecule has 0 saturated heterocycles. The van der Waals surface area contributed by atoms with Gasteiger partial charge in [-0.25, -0.2) is 4.79 Å².